The van der Waals surface area contributed by atoms with Crippen molar-refractivity contribution in [1.82, 2.24) is 9.44 Å². The molecule has 116 valence electrons. The highest BCUT2D eigenvalue weighted by Gasteiger charge is 2.24. The lowest BCUT2D eigenvalue weighted by Crippen LogP contribution is -2.49. The van der Waals surface area contributed by atoms with E-state index in [-0.39, 0.29) is 19.4 Å². The fourth-order valence-corrected chi connectivity index (χ4v) is 1.80. The molecule has 0 aliphatic heterocycles. The fourth-order valence-electron chi connectivity index (χ4n) is 0.910. The molecule has 12 heteroatoms. The molecule has 5 N–H and O–H groups in total. The summed E-state index contributed by atoms with van der Waals surface area (Å²) in [4.78, 5) is 31.7. The van der Waals surface area contributed by atoms with Gasteiger partial charge in [-0.3, -0.25) is 9.59 Å². The monoisotopic (exact) mass is 314 g/mol. The maximum absolute atomic E-state index is 11.3. The first-order valence-corrected chi connectivity index (χ1v) is 6.68. The van der Waals surface area contributed by atoms with Gasteiger partial charge in [0.2, 0.25) is 0 Å². The number of amides is 1. The van der Waals surface area contributed by atoms with Crippen molar-refractivity contribution in [2.45, 2.75) is 18.9 Å². The van der Waals surface area contributed by atoms with Gasteiger partial charge < -0.3 is 20.1 Å². The van der Waals surface area contributed by atoms with Crippen LogP contribution in [0, 0.1) is 0 Å². The molecule has 11 nitrogen and oxygen atoms in total. The van der Waals surface area contributed by atoms with Crippen LogP contribution in [0.25, 0.3) is 0 Å². The molecule has 0 bridgehead atoms. The summed E-state index contributed by atoms with van der Waals surface area (Å²) >= 11 is 0. The molecule has 1 unspecified atom stereocenters. The molecular formula is C8H14N2O9S. The number of carboxylic acids is 2. The first-order chi connectivity index (χ1) is 9.18. The first-order valence-electron chi connectivity index (χ1n) is 5.20. The second kappa shape index (κ2) is 8.29. The van der Waals surface area contributed by atoms with Crippen LogP contribution in [0.5, 0.6) is 0 Å². The Bertz CT molecular complexity index is 461. The average Bonchev–Trinajstić information content (AvgIpc) is 2.30. The van der Waals surface area contributed by atoms with Gasteiger partial charge >= 0.3 is 28.2 Å². The normalized spacial score (nSPS) is 12.4. The molecule has 0 saturated carbocycles. The minimum atomic E-state index is -4.52. The van der Waals surface area contributed by atoms with E-state index in [1.165, 1.54) is 9.44 Å². The topological polar surface area (TPSA) is 179 Å². The molecule has 0 radical (unpaired) electrons. The minimum Gasteiger partial charge on any atom is -0.481 e. The summed E-state index contributed by atoms with van der Waals surface area (Å²) < 4.78 is 29.7. The van der Waals surface area contributed by atoms with Crippen molar-refractivity contribution in [3.05, 3.63) is 0 Å². The summed E-state index contributed by atoms with van der Waals surface area (Å²) in [7, 11) is -4.52. The predicted molar refractivity (Wildman–Crippen MR) is 61.9 cm³/mol. The van der Waals surface area contributed by atoms with Crippen molar-refractivity contribution in [2.75, 3.05) is 13.2 Å². The van der Waals surface area contributed by atoms with Crippen molar-refractivity contribution in [1.29, 1.82) is 0 Å². The molecule has 0 aromatic rings. The number of aliphatic carboxylic acids is 2. The van der Waals surface area contributed by atoms with Gasteiger partial charge in [-0.15, -0.1) is 0 Å². The number of carboxylic acid groups (broad SMARTS) is 2. The van der Waals surface area contributed by atoms with Crippen LogP contribution in [-0.2, 0) is 24.5 Å². The molecule has 0 spiro atoms. The second-order valence-corrected chi connectivity index (χ2v) is 4.88. The number of aliphatic hydroxyl groups is 1. The van der Waals surface area contributed by atoms with E-state index < -0.39 is 40.9 Å². The van der Waals surface area contributed by atoms with E-state index in [1.807, 2.05) is 0 Å². The summed E-state index contributed by atoms with van der Waals surface area (Å²) in [5.74, 6) is -2.73. The standard InChI is InChI=1S/C8H14N2O9S/c11-4-5(7(14)15)9-20(17,18)10-8(16)19-3-1-2-6(12)13/h5,9,11H,1-4H2,(H,10,16)(H,12,13)(H,14,15). The molecule has 1 atom stereocenters. The lowest BCUT2D eigenvalue weighted by molar-refractivity contribution is -0.140. The Labute approximate surface area is 113 Å². The predicted octanol–water partition coefficient (Wildman–Crippen LogP) is -2.14. The maximum Gasteiger partial charge on any atom is 0.421 e. The lowest BCUT2D eigenvalue weighted by atomic mass is 10.3. The zero-order chi connectivity index (χ0) is 15.8. The quantitative estimate of drug-likeness (QED) is 0.297. The Morgan fingerprint density at radius 2 is 1.80 bits per heavy atom. The SMILES string of the molecule is O=C(O)CCCOC(=O)NS(=O)(=O)NC(CO)C(=O)O. The fraction of sp³-hybridized carbons (Fsp3) is 0.625. The molecule has 0 fully saturated rings. The van der Waals surface area contributed by atoms with Crippen molar-refractivity contribution < 1.29 is 42.9 Å². The Hall–Kier alpha value is -1.92. The third kappa shape index (κ3) is 8.23. The van der Waals surface area contributed by atoms with Gasteiger partial charge in [0.25, 0.3) is 0 Å². The number of carbonyl (C=O) groups is 3. The highest BCUT2D eigenvalue weighted by Crippen LogP contribution is 1.92. The summed E-state index contributed by atoms with van der Waals surface area (Å²) in [6.07, 6.45) is -1.67. The van der Waals surface area contributed by atoms with Gasteiger partial charge in [-0.2, -0.15) is 13.1 Å². The van der Waals surface area contributed by atoms with Gasteiger partial charge in [0, 0.05) is 6.42 Å². The van der Waals surface area contributed by atoms with E-state index in [0.717, 1.165) is 0 Å². The summed E-state index contributed by atoms with van der Waals surface area (Å²) in [5.41, 5.74) is 0. The Morgan fingerprint density at radius 1 is 1.20 bits per heavy atom. The number of hydrogen-bond acceptors (Lipinski definition) is 7. The molecule has 0 rings (SSSR count). The van der Waals surface area contributed by atoms with Crippen molar-refractivity contribution in [3.63, 3.8) is 0 Å². The zero-order valence-electron chi connectivity index (χ0n) is 10.1. The molecule has 1 amide bonds. The van der Waals surface area contributed by atoms with E-state index in [1.54, 1.807) is 0 Å². The molecule has 0 saturated heterocycles. The van der Waals surface area contributed by atoms with Crippen LogP contribution in [0.4, 0.5) is 4.79 Å². The minimum absolute atomic E-state index is 0.00931. The number of ether oxygens (including phenoxy) is 1. The van der Waals surface area contributed by atoms with E-state index in [0.29, 0.717) is 0 Å². The van der Waals surface area contributed by atoms with E-state index in [9.17, 15) is 22.8 Å². The second-order valence-electron chi connectivity index (χ2n) is 3.43. The largest absolute Gasteiger partial charge is 0.481 e. The van der Waals surface area contributed by atoms with Gasteiger partial charge in [0.15, 0.2) is 0 Å². The van der Waals surface area contributed by atoms with E-state index in [2.05, 4.69) is 4.74 Å². The smallest absolute Gasteiger partial charge is 0.421 e. The number of rotatable bonds is 9. The highest BCUT2D eigenvalue weighted by molar-refractivity contribution is 7.88. The van der Waals surface area contributed by atoms with Crippen LogP contribution < -0.4 is 9.44 Å². The van der Waals surface area contributed by atoms with Crippen LogP contribution in [-0.4, -0.2) is 61.0 Å². The van der Waals surface area contributed by atoms with Gasteiger partial charge in [-0.05, 0) is 6.42 Å². The van der Waals surface area contributed by atoms with Gasteiger partial charge in [0.05, 0.1) is 13.2 Å². The zero-order valence-corrected chi connectivity index (χ0v) is 10.9. The molecule has 0 heterocycles. The Kier molecular flexibility index (Phi) is 7.49. The number of hydrogen-bond donors (Lipinski definition) is 5. The van der Waals surface area contributed by atoms with Crippen LogP contribution in [0.2, 0.25) is 0 Å². The Balaban J connectivity index is 4.22. The van der Waals surface area contributed by atoms with Crippen molar-refractivity contribution >= 4 is 28.2 Å². The molecule has 0 aliphatic carbocycles. The molecule has 0 aromatic carbocycles. The number of nitrogens with one attached hydrogen (secondary N) is 2. The van der Waals surface area contributed by atoms with Crippen LogP contribution in [0.15, 0.2) is 0 Å². The number of carbonyl (C=O) groups excluding carboxylic acids is 1. The van der Waals surface area contributed by atoms with E-state index >= 15 is 0 Å². The maximum atomic E-state index is 11.3. The van der Waals surface area contributed by atoms with Crippen molar-refractivity contribution in [2.24, 2.45) is 0 Å². The third-order valence-electron chi connectivity index (χ3n) is 1.76. The van der Waals surface area contributed by atoms with E-state index in [4.69, 9.17) is 15.3 Å². The van der Waals surface area contributed by atoms with Crippen LogP contribution >= 0.6 is 0 Å². The van der Waals surface area contributed by atoms with Crippen LogP contribution in [0.1, 0.15) is 12.8 Å². The summed E-state index contributed by atoms with van der Waals surface area (Å²) in [5, 5.41) is 25.4. The van der Waals surface area contributed by atoms with Gasteiger partial charge in [-0.25, -0.2) is 9.52 Å². The molecule has 20 heavy (non-hydrogen) atoms. The van der Waals surface area contributed by atoms with Gasteiger partial charge in [-0.1, -0.05) is 0 Å². The van der Waals surface area contributed by atoms with Crippen molar-refractivity contribution in [3.8, 4) is 0 Å². The number of aliphatic hydroxyl groups excluding tert-OH is 1. The summed E-state index contributed by atoms with van der Waals surface area (Å²) in [6, 6.07) is -1.81. The highest BCUT2D eigenvalue weighted by atomic mass is 32.2. The lowest BCUT2D eigenvalue weighted by Gasteiger charge is -2.12. The average molecular weight is 314 g/mol. The Morgan fingerprint density at radius 3 is 2.25 bits per heavy atom. The summed E-state index contributed by atoms with van der Waals surface area (Å²) in [6.45, 7) is -1.33. The van der Waals surface area contributed by atoms with Crippen LogP contribution in [0.3, 0.4) is 0 Å². The van der Waals surface area contributed by atoms with Gasteiger partial charge in [0.1, 0.15) is 6.04 Å². The molecule has 0 aliphatic rings. The molecular weight excluding hydrogens is 300 g/mol. The third-order valence-corrected chi connectivity index (χ3v) is 2.79. The first kappa shape index (κ1) is 18.1. The molecule has 0 aromatic heterocycles.